The summed E-state index contributed by atoms with van der Waals surface area (Å²) in [5.41, 5.74) is 9.17. The molecule has 3 heterocycles. The van der Waals surface area contributed by atoms with Gasteiger partial charge in [-0.25, -0.2) is 9.00 Å². The first-order valence-electron chi connectivity index (χ1n) is 12.5. The van der Waals surface area contributed by atoms with E-state index in [9.17, 15) is 9.00 Å². The second-order valence-corrected chi connectivity index (χ2v) is 11.5. The van der Waals surface area contributed by atoms with Gasteiger partial charge in [0.2, 0.25) is 5.95 Å². The van der Waals surface area contributed by atoms with Crippen LogP contribution in [0.25, 0.3) is 11.0 Å². The van der Waals surface area contributed by atoms with Crippen molar-refractivity contribution >= 4 is 80.1 Å². The van der Waals surface area contributed by atoms with Crippen LogP contribution in [0.15, 0.2) is 77.8 Å². The molecule has 1 aliphatic heterocycles. The highest BCUT2D eigenvalue weighted by Crippen LogP contribution is 2.33. The Morgan fingerprint density at radius 2 is 1.88 bits per heavy atom. The number of carbonyl (C=O) groups excluding carboxylic acids is 1. The first-order chi connectivity index (χ1) is 19.9. The smallest absolute Gasteiger partial charge is 0.323 e. The minimum Gasteiger partial charge on any atom is -0.368 e. The molecule has 0 saturated heterocycles. The van der Waals surface area contributed by atoms with E-state index in [1.54, 1.807) is 48.7 Å². The van der Waals surface area contributed by atoms with Crippen LogP contribution in [0.1, 0.15) is 5.56 Å². The number of aromatic nitrogens is 4. The van der Waals surface area contributed by atoms with Crippen molar-refractivity contribution in [3.05, 3.63) is 88.5 Å². The molecule has 2 aromatic heterocycles. The van der Waals surface area contributed by atoms with Crippen LogP contribution in [0.3, 0.4) is 0 Å². The van der Waals surface area contributed by atoms with Gasteiger partial charge in [0.25, 0.3) is 0 Å². The zero-order valence-electron chi connectivity index (χ0n) is 21.3. The molecule has 41 heavy (non-hydrogen) atoms. The number of benzene rings is 3. The van der Waals surface area contributed by atoms with Crippen LogP contribution in [-0.4, -0.2) is 43.0 Å². The number of fused-ring (bicyclic) bond motifs is 2. The van der Waals surface area contributed by atoms with Gasteiger partial charge in [-0.05, 0) is 48.4 Å². The van der Waals surface area contributed by atoms with E-state index in [1.165, 1.54) is 0 Å². The van der Waals surface area contributed by atoms with Gasteiger partial charge < -0.3 is 21.7 Å². The third kappa shape index (κ3) is 5.62. The minimum absolute atomic E-state index is 0.117. The predicted octanol–water partition coefficient (Wildman–Crippen LogP) is 5.45. The lowest BCUT2D eigenvalue weighted by Crippen LogP contribution is -2.43. The molecule has 3 aromatic carbocycles. The van der Waals surface area contributed by atoms with Crippen LogP contribution in [0.4, 0.5) is 33.6 Å². The number of rotatable bonds is 6. The topological polar surface area (TPSA) is 154 Å². The molecule has 6 rings (SSSR count). The van der Waals surface area contributed by atoms with E-state index in [4.69, 9.17) is 28.9 Å². The number of anilines is 5. The Balaban J connectivity index is 1.23. The van der Waals surface area contributed by atoms with Gasteiger partial charge in [0.15, 0.2) is 16.6 Å². The van der Waals surface area contributed by atoms with E-state index in [0.29, 0.717) is 51.1 Å². The van der Waals surface area contributed by atoms with E-state index in [1.807, 2.05) is 28.6 Å². The summed E-state index contributed by atoms with van der Waals surface area (Å²) in [4.78, 5) is 21.7. The molecule has 2 atom stereocenters. The molecule has 6 N–H and O–H groups in total. The van der Waals surface area contributed by atoms with Gasteiger partial charge in [-0.3, -0.25) is 9.40 Å². The van der Waals surface area contributed by atoms with Gasteiger partial charge in [0, 0.05) is 5.69 Å². The number of H-pyrrole nitrogens is 1. The highest BCUT2D eigenvalue weighted by Gasteiger charge is 2.29. The molecule has 2 unspecified atom stereocenters. The van der Waals surface area contributed by atoms with Crippen molar-refractivity contribution in [3.8, 4) is 0 Å². The summed E-state index contributed by atoms with van der Waals surface area (Å²) in [7, 11) is -1.60. The average molecular weight is 609 g/mol. The molecule has 0 aliphatic carbocycles. The molecular weight excluding hydrogens is 585 g/mol. The molecular formula is C27H23Cl2N9O2S. The summed E-state index contributed by atoms with van der Waals surface area (Å²) in [5.74, 6) is 0.667. The fraction of sp³-hybridized carbons (Fsp3) is 0.111. The maximum Gasteiger partial charge on any atom is 0.323 e. The van der Waals surface area contributed by atoms with E-state index < -0.39 is 17.0 Å². The van der Waals surface area contributed by atoms with E-state index in [-0.39, 0.29) is 17.0 Å². The molecule has 5 aromatic rings. The van der Waals surface area contributed by atoms with Crippen molar-refractivity contribution in [2.45, 2.75) is 17.4 Å². The minimum atomic E-state index is -1.60. The summed E-state index contributed by atoms with van der Waals surface area (Å²) in [6.07, 6.45) is 2.32. The van der Waals surface area contributed by atoms with Gasteiger partial charge in [0.1, 0.15) is 5.82 Å². The van der Waals surface area contributed by atoms with Crippen molar-refractivity contribution in [1.82, 2.24) is 20.2 Å². The first-order valence-corrected chi connectivity index (χ1v) is 14.3. The van der Waals surface area contributed by atoms with Crippen molar-refractivity contribution in [1.29, 1.82) is 0 Å². The fourth-order valence-corrected chi connectivity index (χ4v) is 6.36. The Hall–Kier alpha value is -4.39. The maximum atomic E-state index is 14.0. The Morgan fingerprint density at radius 1 is 1.05 bits per heavy atom. The lowest BCUT2D eigenvalue weighted by Gasteiger charge is -2.35. The quantitative estimate of drug-likeness (QED) is 0.172. The molecule has 1 aliphatic rings. The van der Waals surface area contributed by atoms with Crippen molar-refractivity contribution < 1.29 is 9.00 Å². The summed E-state index contributed by atoms with van der Waals surface area (Å²) in [6.45, 7) is 0.415. The molecule has 0 spiro atoms. The monoisotopic (exact) mass is 607 g/mol. The highest BCUT2D eigenvalue weighted by atomic mass is 35.5. The van der Waals surface area contributed by atoms with E-state index >= 15 is 0 Å². The first kappa shape index (κ1) is 26.8. The number of hydrogen-bond donors (Lipinski definition) is 5. The molecule has 0 bridgehead atoms. The number of nitrogen functional groups attached to an aromatic ring is 1. The molecule has 0 saturated carbocycles. The summed E-state index contributed by atoms with van der Waals surface area (Å²) in [5, 5.41) is 17.0. The van der Waals surface area contributed by atoms with E-state index in [0.717, 1.165) is 11.3 Å². The van der Waals surface area contributed by atoms with Crippen LogP contribution in [0.5, 0.6) is 0 Å². The second-order valence-electron chi connectivity index (χ2n) is 9.26. The summed E-state index contributed by atoms with van der Waals surface area (Å²) >= 11 is 12.2. The number of nitrogens with zero attached hydrogens (tertiary/aromatic N) is 4. The van der Waals surface area contributed by atoms with Crippen molar-refractivity contribution in [3.63, 3.8) is 0 Å². The lowest BCUT2D eigenvalue weighted by atomic mass is 9.99. The Morgan fingerprint density at radius 3 is 2.76 bits per heavy atom. The third-order valence-corrected chi connectivity index (χ3v) is 8.70. The SMILES string of the molecule is Nc1nc(NC2Cc3ccccc3N(S(=O)c3cccc(NC(=O)Nc4cccc(Cl)c4Cl)c3)C2)c2cn[nH]c2n1. The van der Waals surface area contributed by atoms with Gasteiger partial charge in [-0.1, -0.05) is 53.5 Å². The molecule has 11 nitrogen and oxygen atoms in total. The Labute approximate surface area is 247 Å². The van der Waals surface area contributed by atoms with Crippen molar-refractivity contribution in [2.24, 2.45) is 0 Å². The van der Waals surface area contributed by atoms with Crippen LogP contribution >= 0.6 is 23.2 Å². The summed E-state index contributed by atoms with van der Waals surface area (Å²) < 4.78 is 15.8. The average Bonchev–Trinajstić information content (AvgIpc) is 3.43. The number of hydrogen-bond acceptors (Lipinski definition) is 7. The number of urea groups is 1. The maximum absolute atomic E-state index is 14.0. The Kier molecular flexibility index (Phi) is 7.35. The number of aromatic amines is 1. The van der Waals surface area contributed by atoms with Crippen LogP contribution in [0, 0.1) is 0 Å². The number of nitrogens with one attached hydrogen (secondary N) is 4. The van der Waals surface area contributed by atoms with Crippen LogP contribution in [-0.2, 0) is 17.4 Å². The Bertz CT molecular complexity index is 1800. The fourth-order valence-electron chi connectivity index (χ4n) is 4.66. The van der Waals surface area contributed by atoms with Crippen LogP contribution < -0.4 is 26.0 Å². The number of amides is 2. The predicted molar refractivity (Wildman–Crippen MR) is 163 cm³/mol. The van der Waals surface area contributed by atoms with Gasteiger partial charge in [0.05, 0.1) is 50.5 Å². The number of carbonyl (C=O) groups is 1. The van der Waals surface area contributed by atoms with Gasteiger partial charge >= 0.3 is 6.03 Å². The van der Waals surface area contributed by atoms with Crippen LogP contribution in [0.2, 0.25) is 10.0 Å². The second kappa shape index (κ2) is 11.2. The molecule has 2 amide bonds. The largest absolute Gasteiger partial charge is 0.368 e. The van der Waals surface area contributed by atoms with Gasteiger partial charge in [-0.2, -0.15) is 15.1 Å². The van der Waals surface area contributed by atoms with Gasteiger partial charge in [-0.15, -0.1) is 0 Å². The lowest BCUT2D eigenvalue weighted by molar-refractivity contribution is 0.262. The molecule has 14 heteroatoms. The highest BCUT2D eigenvalue weighted by molar-refractivity contribution is 7.86. The zero-order valence-corrected chi connectivity index (χ0v) is 23.6. The standard InChI is InChI=1S/C27H23Cl2N9O2S/c28-20-8-4-9-21(23(20)29)34-27(39)33-16-6-3-7-18(12-16)41(40)38-14-17(11-15-5-1-2-10-22(15)38)32-24-19-13-31-37-25(19)36-26(30)35-24/h1-10,12-13,17H,11,14H2,(H2,33,34,39)(H4,30,31,32,35,36,37). The number of para-hydroxylation sites is 1. The van der Waals surface area contributed by atoms with Crippen molar-refractivity contribution in [2.75, 3.05) is 32.5 Å². The molecule has 0 fully saturated rings. The number of nitrogens with two attached hydrogens (primary N) is 1. The zero-order chi connectivity index (χ0) is 28.5. The third-order valence-electron chi connectivity index (χ3n) is 6.47. The molecule has 0 radical (unpaired) electrons. The summed E-state index contributed by atoms with van der Waals surface area (Å²) in [6, 6.07) is 19.0. The number of halogens is 2. The van der Waals surface area contributed by atoms with E-state index in [2.05, 4.69) is 36.1 Å². The normalized spacial score (nSPS) is 15.3. The molecule has 208 valence electrons.